The molecular weight excluding hydrogens is 384 g/mol. The van der Waals surface area contributed by atoms with Gasteiger partial charge in [0.1, 0.15) is 0 Å². The summed E-state index contributed by atoms with van der Waals surface area (Å²) in [7, 11) is 0. The summed E-state index contributed by atoms with van der Waals surface area (Å²) in [4.78, 5) is 15.6. The van der Waals surface area contributed by atoms with Gasteiger partial charge in [-0.05, 0) is 49.9 Å². The molecule has 9 heteroatoms. The SMILES string of the molecule is CCOCCc1c(-c2ccc(OC(F)F)c(OC3CC3)c2)[nH]c2cn[nH]c(=O)c12. The van der Waals surface area contributed by atoms with Crippen LogP contribution < -0.4 is 15.0 Å². The molecule has 0 bridgehead atoms. The van der Waals surface area contributed by atoms with Gasteiger partial charge in [0.2, 0.25) is 0 Å². The fraction of sp³-hybridized carbons (Fsp3) is 0.400. The Bertz CT molecular complexity index is 1060. The van der Waals surface area contributed by atoms with Crippen molar-refractivity contribution in [2.75, 3.05) is 13.2 Å². The second kappa shape index (κ2) is 8.20. The van der Waals surface area contributed by atoms with Crippen LogP contribution >= 0.6 is 0 Å². The molecule has 1 fully saturated rings. The monoisotopic (exact) mass is 405 g/mol. The summed E-state index contributed by atoms with van der Waals surface area (Å²) < 4.78 is 41.4. The van der Waals surface area contributed by atoms with E-state index >= 15 is 0 Å². The second-order valence-electron chi connectivity index (χ2n) is 6.77. The van der Waals surface area contributed by atoms with Gasteiger partial charge in [-0.25, -0.2) is 5.10 Å². The van der Waals surface area contributed by atoms with E-state index in [1.807, 2.05) is 6.92 Å². The van der Waals surface area contributed by atoms with Gasteiger partial charge in [-0.15, -0.1) is 0 Å². The van der Waals surface area contributed by atoms with Crippen molar-refractivity contribution < 1.29 is 23.0 Å². The molecule has 3 aromatic rings. The molecule has 2 aromatic heterocycles. The molecule has 0 aliphatic heterocycles. The maximum atomic E-state index is 12.8. The molecule has 1 aromatic carbocycles. The van der Waals surface area contributed by atoms with E-state index in [2.05, 4.69) is 19.9 Å². The summed E-state index contributed by atoms with van der Waals surface area (Å²) in [5.41, 5.74) is 2.46. The third kappa shape index (κ3) is 4.24. The Morgan fingerprint density at radius 3 is 2.83 bits per heavy atom. The Balaban J connectivity index is 1.79. The van der Waals surface area contributed by atoms with Crippen molar-refractivity contribution in [2.24, 2.45) is 0 Å². The molecule has 0 saturated heterocycles. The van der Waals surface area contributed by atoms with E-state index < -0.39 is 6.61 Å². The number of fused-ring (bicyclic) bond motifs is 1. The van der Waals surface area contributed by atoms with Crippen LogP contribution in [0.15, 0.2) is 29.2 Å². The highest BCUT2D eigenvalue weighted by Crippen LogP contribution is 2.39. The number of halogens is 2. The Labute approximate surface area is 165 Å². The van der Waals surface area contributed by atoms with Gasteiger partial charge in [0, 0.05) is 12.2 Å². The van der Waals surface area contributed by atoms with Gasteiger partial charge in [0.15, 0.2) is 11.5 Å². The fourth-order valence-electron chi connectivity index (χ4n) is 3.26. The summed E-state index contributed by atoms with van der Waals surface area (Å²) in [5.74, 6) is 0.244. The van der Waals surface area contributed by atoms with Crippen LogP contribution in [0.3, 0.4) is 0 Å². The van der Waals surface area contributed by atoms with Gasteiger partial charge in [-0.3, -0.25) is 4.79 Å². The lowest BCUT2D eigenvalue weighted by Crippen LogP contribution is -2.09. The molecule has 154 valence electrons. The quantitative estimate of drug-likeness (QED) is 0.531. The van der Waals surface area contributed by atoms with Gasteiger partial charge in [-0.2, -0.15) is 13.9 Å². The average molecular weight is 405 g/mol. The molecule has 0 amide bonds. The highest BCUT2D eigenvalue weighted by atomic mass is 19.3. The van der Waals surface area contributed by atoms with Crippen molar-refractivity contribution in [3.05, 3.63) is 40.3 Å². The topological polar surface area (TPSA) is 89.2 Å². The van der Waals surface area contributed by atoms with Crippen molar-refractivity contribution in [1.29, 1.82) is 0 Å². The normalized spacial score (nSPS) is 13.9. The molecule has 0 unspecified atom stereocenters. The van der Waals surface area contributed by atoms with Crippen LogP contribution in [0.25, 0.3) is 22.2 Å². The van der Waals surface area contributed by atoms with Gasteiger partial charge in [0.25, 0.3) is 5.56 Å². The van der Waals surface area contributed by atoms with Crippen LogP contribution in [-0.4, -0.2) is 41.1 Å². The predicted octanol–water partition coefficient (Wildman–Crippen LogP) is 3.64. The zero-order valence-corrected chi connectivity index (χ0v) is 15.8. The Morgan fingerprint density at radius 2 is 2.10 bits per heavy atom. The lowest BCUT2D eigenvalue weighted by atomic mass is 10.0. The molecule has 2 N–H and O–H groups in total. The summed E-state index contributed by atoms with van der Waals surface area (Å²) in [6.45, 7) is -0.0390. The molecule has 1 saturated carbocycles. The van der Waals surface area contributed by atoms with E-state index in [1.54, 1.807) is 18.3 Å². The lowest BCUT2D eigenvalue weighted by Gasteiger charge is -2.14. The minimum Gasteiger partial charge on any atom is -0.487 e. The molecular formula is C20H21F2N3O4. The number of rotatable bonds is 9. The first-order valence-corrected chi connectivity index (χ1v) is 9.48. The highest BCUT2D eigenvalue weighted by Gasteiger charge is 2.26. The van der Waals surface area contributed by atoms with E-state index in [1.165, 1.54) is 6.07 Å². The maximum absolute atomic E-state index is 12.8. The minimum absolute atomic E-state index is 0.0115. The fourth-order valence-corrected chi connectivity index (χ4v) is 3.26. The summed E-state index contributed by atoms with van der Waals surface area (Å²) in [6, 6.07) is 4.78. The molecule has 0 atom stereocenters. The smallest absolute Gasteiger partial charge is 0.387 e. The second-order valence-corrected chi connectivity index (χ2v) is 6.77. The number of alkyl halides is 2. The molecule has 7 nitrogen and oxygen atoms in total. The standard InChI is InChI=1S/C20H21F2N3O4/c1-2-27-8-7-13-17-14(10-23-25-19(17)26)24-18(13)11-3-6-15(29-20(21)22)16(9-11)28-12-4-5-12/h3,6,9-10,12,20,24H,2,4-5,7-8H2,1H3,(H,25,26). The van der Waals surface area contributed by atoms with Crippen molar-refractivity contribution in [1.82, 2.24) is 15.2 Å². The predicted molar refractivity (Wildman–Crippen MR) is 103 cm³/mol. The number of aromatic amines is 2. The van der Waals surface area contributed by atoms with E-state index in [0.29, 0.717) is 41.8 Å². The number of hydrogen-bond acceptors (Lipinski definition) is 5. The largest absolute Gasteiger partial charge is 0.487 e. The van der Waals surface area contributed by atoms with Crippen molar-refractivity contribution in [3.63, 3.8) is 0 Å². The van der Waals surface area contributed by atoms with Crippen LogP contribution in [-0.2, 0) is 11.2 Å². The zero-order valence-electron chi connectivity index (χ0n) is 15.8. The third-order valence-electron chi connectivity index (χ3n) is 4.69. The maximum Gasteiger partial charge on any atom is 0.387 e. The van der Waals surface area contributed by atoms with Crippen LogP contribution in [0.5, 0.6) is 11.5 Å². The van der Waals surface area contributed by atoms with Crippen molar-refractivity contribution in [2.45, 2.75) is 38.9 Å². The highest BCUT2D eigenvalue weighted by molar-refractivity contribution is 5.89. The van der Waals surface area contributed by atoms with Gasteiger partial charge >= 0.3 is 6.61 Å². The molecule has 2 heterocycles. The number of benzene rings is 1. The number of nitrogens with zero attached hydrogens (tertiary/aromatic N) is 1. The van der Waals surface area contributed by atoms with Gasteiger partial charge in [-0.1, -0.05) is 0 Å². The van der Waals surface area contributed by atoms with Gasteiger partial charge in [0.05, 0.1) is 35.5 Å². The molecule has 1 aliphatic carbocycles. The van der Waals surface area contributed by atoms with E-state index in [-0.39, 0.29) is 23.2 Å². The summed E-state index contributed by atoms with van der Waals surface area (Å²) in [6.07, 6.45) is 3.82. The third-order valence-corrected chi connectivity index (χ3v) is 4.69. The van der Waals surface area contributed by atoms with Crippen molar-refractivity contribution in [3.8, 4) is 22.8 Å². The number of ether oxygens (including phenoxy) is 3. The number of aromatic nitrogens is 3. The molecule has 0 spiro atoms. The lowest BCUT2D eigenvalue weighted by molar-refractivity contribution is -0.0516. The van der Waals surface area contributed by atoms with Crippen LogP contribution in [0.4, 0.5) is 8.78 Å². The minimum atomic E-state index is -2.94. The Kier molecular flexibility index (Phi) is 5.48. The van der Waals surface area contributed by atoms with E-state index in [9.17, 15) is 13.6 Å². The first kappa shape index (κ1) is 19.4. The summed E-state index contributed by atoms with van der Waals surface area (Å²) in [5, 5.41) is 6.80. The zero-order chi connectivity index (χ0) is 20.4. The molecule has 0 radical (unpaired) electrons. The molecule has 29 heavy (non-hydrogen) atoms. The van der Waals surface area contributed by atoms with E-state index in [4.69, 9.17) is 9.47 Å². The van der Waals surface area contributed by atoms with Crippen LogP contribution in [0.2, 0.25) is 0 Å². The summed E-state index contributed by atoms with van der Waals surface area (Å²) >= 11 is 0. The first-order valence-electron chi connectivity index (χ1n) is 9.48. The Morgan fingerprint density at radius 1 is 1.28 bits per heavy atom. The van der Waals surface area contributed by atoms with Crippen LogP contribution in [0, 0.1) is 0 Å². The van der Waals surface area contributed by atoms with Crippen molar-refractivity contribution >= 4 is 10.9 Å². The Hall–Kier alpha value is -2.94. The van der Waals surface area contributed by atoms with Gasteiger partial charge < -0.3 is 19.2 Å². The average Bonchev–Trinajstić information content (AvgIpc) is 3.42. The first-order chi connectivity index (χ1) is 14.1. The molecule has 4 rings (SSSR count). The number of nitrogens with one attached hydrogen (secondary N) is 2. The van der Waals surface area contributed by atoms with E-state index in [0.717, 1.165) is 18.4 Å². The molecule has 1 aliphatic rings. The van der Waals surface area contributed by atoms with Crippen LogP contribution in [0.1, 0.15) is 25.3 Å². The number of hydrogen-bond donors (Lipinski definition) is 2. The number of H-pyrrole nitrogens is 2.